The Hall–Kier alpha value is -1.03. The van der Waals surface area contributed by atoms with Gasteiger partial charge in [0.2, 0.25) is 0 Å². The molecule has 0 amide bonds. The van der Waals surface area contributed by atoms with E-state index in [0.29, 0.717) is 6.04 Å². The number of anilines is 1. The van der Waals surface area contributed by atoms with Crippen LogP contribution >= 0.6 is 0 Å². The van der Waals surface area contributed by atoms with E-state index in [9.17, 15) is 0 Å². The minimum atomic E-state index is 0.598. The van der Waals surface area contributed by atoms with Gasteiger partial charge in [-0.05, 0) is 5.92 Å². The van der Waals surface area contributed by atoms with Gasteiger partial charge in [-0.1, -0.05) is 20.3 Å². The average Bonchev–Trinajstić information content (AvgIpc) is 2.75. The summed E-state index contributed by atoms with van der Waals surface area (Å²) in [7, 11) is 1.97. The maximum Gasteiger partial charge on any atom is 0.150 e. The topological polar surface area (TPSA) is 33.1 Å². The summed E-state index contributed by atoms with van der Waals surface area (Å²) in [5.74, 6) is 1.84. The lowest BCUT2D eigenvalue weighted by molar-refractivity contribution is 0.340. The van der Waals surface area contributed by atoms with Crippen molar-refractivity contribution in [2.24, 2.45) is 13.0 Å². The van der Waals surface area contributed by atoms with Crippen LogP contribution in [0, 0.1) is 5.92 Å². The van der Waals surface area contributed by atoms with Gasteiger partial charge < -0.3 is 10.2 Å². The Morgan fingerprint density at radius 3 is 3.06 bits per heavy atom. The first-order valence-corrected chi connectivity index (χ1v) is 6.18. The Labute approximate surface area is 97.6 Å². The SMILES string of the molecule is CCC(C)C1CN(c2ccn(C)n2)CCN1. The lowest BCUT2D eigenvalue weighted by Gasteiger charge is -2.36. The molecule has 4 heteroatoms. The third kappa shape index (κ3) is 2.38. The van der Waals surface area contributed by atoms with Crippen LogP contribution in [0.5, 0.6) is 0 Å². The maximum absolute atomic E-state index is 4.47. The summed E-state index contributed by atoms with van der Waals surface area (Å²) < 4.78 is 1.87. The van der Waals surface area contributed by atoms with Gasteiger partial charge in [0, 0.05) is 45.0 Å². The highest BCUT2D eigenvalue weighted by Crippen LogP contribution is 2.17. The second kappa shape index (κ2) is 4.87. The molecule has 1 aromatic rings. The van der Waals surface area contributed by atoms with E-state index in [4.69, 9.17) is 0 Å². The normalized spacial score (nSPS) is 23.4. The van der Waals surface area contributed by atoms with Crippen molar-refractivity contribution < 1.29 is 0 Å². The molecule has 0 bridgehead atoms. The first-order valence-electron chi connectivity index (χ1n) is 6.18. The van der Waals surface area contributed by atoms with Crippen molar-refractivity contribution in [2.75, 3.05) is 24.5 Å². The zero-order chi connectivity index (χ0) is 11.5. The molecule has 0 spiro atoms. The van der Waals surface area contributed by atoms with Crippen LogP contribution in [0.4, 0.5) is 5.82 Å². The van der Waals surface area contributed by atoms with Crippen molar-refractivity contribution in [3.63, 3.8) is 0 Å². The van der Waals surface area contributed by atoms with Crippen LogP contribution < -0.4 is 10.2 Å². The molecule has 1 aliphatic rings. The molecule has 2 heterocycles. The average molecular weight is 222 g/mol. The molecule has 2 atom stereocenters. The molecule has 0 saturated carbocycles. The molecule has 2 unspecified atom stereocenters. The highest BCUT2D eigenvalue weighted by Gasteiger charge is 2.24. The first-order chi connectivity index (χ1) is 7.70. The summed E-state index contributed by atoms with van der Waals surface area (Å²) in [6, 6.07) is 2.69. The summed E-state index contributed by atoms with van der Waals surface area (Å²) >= 11 is 0. The summed E-state index contributed by atoms with van der Waals surface area (Å²) in [5, 5.41) is 8.07. The number of nitrogens with zero attached hydrogens (tertiary/aromatic N) is 3. The number of hydrogen-bond donors (Lipinski definition) is 1. The molecule has 2 rings (SSSR count). The lowest BCUT2D eigenvalue weighted by Crippen LogP contribution is -2.53. The number of aryl methyl sites for hydroxylation is 1. The molecule has 1 aliphatic heterocycles. The number of nitrogens with one attached hydrogen (secondary N) is 1. The molecule has 16 heavy (non-hydrogen) atoms. The van der Waals surface area contributed by atoms with Crippen LogP contribution in [-0.4, -0.2) is 35.5 Å². The van der Waals surface area contributed by atoms with Crippen LogP contribution in [0.25, 0.3) is 0 Å². The molecule has 0 aromatic carbocycles. The van der Waals surface area contributed by atoms with Crippen molar-refractivity contribution in [2.45, 2.75) is 26.3 Å². The Morgan fingerprint density at radius 1 is 1.62 bits per heavy atom. The van der Waals surface area contributed by atoms with Crippen LogP contribution in [0.1, 0.15) is 20.3 Å². The minimum absolute atomic E-state index is 0.598. The first kappa shape index (κ1) is 11.5. The van der Waals surface area contributed by atoms with E-state index in [0.717, 1.165) is 31.4 Å². The monoisotopic (exact) mass is 222 g/mol. The van der Waals surface area contributed by atoms with E-state index in [-0.39, 0.29) is 0 Å². The number of aromatic nitrogens is 2. The van der Waals surface area contributed by atoms with Gasteiger partial charge in [0.05, 0.1) is 0 Å². The highest BCUT2D eigenvalue weighted by molar-refractivity contribution is 5.37. The van der Waals surface area contributed by atoms with E-state index in [2.05, 4.69) is 35.2 Å². The predicted octanol–water partition coefficient (Wildman–Crippen LogP) is 1.24. The molecule has 90 valence electrons. The van der Waals surface area contributed by atoms with Gasteiger partial charge in [-0.3, -0.25) is 4.68 Å². The number of hydrogen-bond acceptors (Lipinski definition) is 3. The Balaban J connectivity index is 2.01. The van der Waals surface area contributed by atoms with Gasteiger partial charge in [0.25, 0.3) is 0 Å². The molecule has 1 fully saturated rings. The van der Waals surface area contributed by atoms with E-state index >= 15 is 0 Å². The van der Waals surface area contributed by atoms with E-state index in [1.165, 1.54) is 6.42 Å². The van der Waals surface area contributed by atoms with E-state index in [1.54, 1.807) is 0 Å². The zero-order valence-corrected chi connectivity index (χ0v) is 10.5. The van der Waals surface area contributed by atoms with Crippen LogP contribution in [0.15, 0.2) is 12.3 Å². The summed E-state index contributed by atoms with van der Waals surface area (Å²) in [6.07, 6.45) is 3.24. The number of piperazine rings is 1. The van der Waals surface area contributed by atoms with Crippen molar-refractivity contribution in [1.29, 1.82) is 0 Å². The third-order valence-electron chi connectivity index (χ3n) is 3.56. The number of rotatable bonds is 3. The fraction of sp³-hybridized carbons (Fsp3) is 0.750. The highest BCUT2D eigenvalue weighted by atomic mass is 15.3. The quantitative estimate of drug-likeness (QED) is 0.835. The summed E-state index contributed by atoms with van der Waals surface area (Å²) in [5.41, 5.74) is 0. The van der Waals surface area contributed by atoms with Crippen molar-refractivity contribution in [3.8, 4) is 0 Å². The molecule has 1 N–H and O–H groups in total. The van der Waals surface area contributed by atoms with Crippen LogP contribution in [0.3, 0.4) is 0 Å². The van der Waals surface area contributed by atoms with Gasteiger partial charge in [0.1, 0.15) is 0 Å². The zero-order valence-electron chi connectivity index (χ0n) is 10.5. The van der Waals surface area contributed by atoms with Crippen molar-refractivity contribution in [1.82, 2.24) is 15.1 Å². The lowest BCUT2D eigenvalue weighted by atomic mass is 9.97. The standard InChI is InChI=1S/C12H22N4/c1-4-10(2)11-9-16(8-6-13-11)12-5-7-15(3)14-12/h5,7,10-11,13H,4,6,8-9H2,1-3H3. The predicted molar refractivity (Wildman–Crippen MR) is 66.7 cm³/mol. The van der Waals surface area contributed by atoms with Crippen molar-refractivity contribution >= 4 is 5.82 Å². The van der Waals surface area contributed by atoms with Crippen LogP contribution in [0.2, 0.25) is 0 Å². The smallest absolute Gasteiger partial charge is 0.150 e. The van der Waals surface area contributed by atoms with Crippen LogP contribution in [-0.2, 0) is 7.05 Å². The summed E-state index contributed by atoms with van der Waals surface area (Å²) in [6.45, 7) is 7.77. The second-order valence-corrected chi connectivity index (χ2v) is 4.74. The van der Waals surface area contributed by atoms with Gasteiger partial charge in [0.15, 0.2) is 5.82 Å². The van der Waals surface area contributed by atoms with Gasteiger partial charge in [-0.15, -0.1) is 0 Å². The van der Waals surface area contributed by atoms with E-state index in [1.807, 2.05) is 17.9 Å². The molecular formula is C12H22N4. The van der Waals surface area contributed by atoms with E-state index < -0.39 is 0 Å². The second-order valence-electron chi connectivity index (χ2n) is 4.74. The van der Waals surface area contributed by atoms with Gasteiger partial charge in [-0.25, -0.2) is 0 Å². The summed E-state index contributed by atoms with van der Waals surface area (Å²) in [4.78, 5) is 2.38. The molecular weight excluding hydrogens is 200 g/mol. The molecule has 1 saturated heterocycles. The fourth-order valence-electron chi connectivity index (χ4n) is 2.22. The molecule has 1 aromatic heterocycles. The molecule has 4 nitrogen and oxygen atoms in total. The Morgan fingerprint density at radius 2 is 2.44 bits per heavy atom. The molecule has 0 radical (unpaired) electrons. The Bertz CT molecular complexity index is 334. The maximum atomic E-state index is 4.47. The molecule has 0 aliphatic carbocycles. The van der Waals surface area contributed by atoms with Gasteiger partial charge >= 0.3 is 0 Å². The largest absolute Gasteiger partial charge is 0.352 e. The van der Waals surface area contributed by atoms with Crippen molar-refractivity contribution in [3.05, 3.63) is 12.3 Å². The third-order valence-corrected chi connectivity index (χ3v) is 3.56. The van der Waals surface area contributed by atoms with Gasteiger partial charge in [-0.2, -0.15) is 5.10 Å². The minimum Gasteiger partial charge on any atom is -0.352 e. The fourth-order valence-corrected chi connectivity index (χ4v) is 2.22. The Kier molecular flexibility index (Phi) is 3.49.